The number of benzene rings is 1. The summed E-state index contributed by atoms with van der Waals surface area (Å²) in [5.74, 6) is 1.10. The van der Waals surface area contributed by atoms with Crippen molar-refractivity contribution in [2.45, 2.75) is 51.0 Å². The molecule has 0 aromatic heterocycles. The highest BCUT2D eigenvalue weighted by atomic mass is 16.5. The van der Waals surface area contributed by atoms with Gasteiger partial charge in [-0.3, -0.25) is 4.79 Å². The van der Waals surface area contributed by atoms with E-state index in [0.717, 1.165) is 25.0 Å². The number of primary amides is 1. The van der Waals surface area contributed by atoms with Crippen LogP contribution >= 0.6 is 0 Å². The summed E-state index contributed by atoms with van der Waals surface area (Å²) in [7, 11) is 0. The Kier molecular flexibility index (Phi) is 4.88. The number of amides is 1. The van der Waals surface area contributed by atoms with Crippen molar-refractivity contribution < 1.29 is 9.53 Å². The van der Waals surface area contributed by atoms with Gasteiger partial charge in [0, 0.05) is 0 Å². The van der Waals surface area contributed by atoms with Gasteiger partial charge in [-0.25, -0.2) is 0 Å². The maximum Gasteiger partial charge on any atom is 0.237 e. The number of hydrogen-bond acceptors (Lipinski definition) is 3. The zero-order chi connectivity index (χ0) is 15.5. The van der Waals surface area contributed by atoms with Crippen LogP contribution in [0, 0.1) is 5.92 Å². The molecule has 0 saturated heterocycles. The summed E-state index contributed by atoms with van der Waals surface area (Å²) < 4.78 is 5.82. The lowest BCUT2D eigenvalue weighted by Crippen LogP contribution is -2.54. The second-order valence-electron chi connectivity index (χ2n) is 6.36. The molecule has 1 aliphatic carbocycles. The maximum atomic E-state index is 11.5. The third-order valence-electron chi connectivity index (χ3n) is 4.59. The van der Waals surface area contributed by atoms with Gasteiger partial charge in [0.25, 0.3) is 0 Å². The summed E-state index contributed by atoms with van der Waals surface area (Å²) in [4.78, 5) is 11.5. The lowest BCUT2D eigenvalue weighted by Gasteiger charge is -2.27. The Bertz CT molecular complexity index is 501. The minimum absolute atomic E-state index is 0.128. The molecule has 2 unspecified atom stereocenters. The fourth-order valence-electron chi connectivity index (χ4n) is 3.11. The molecule has 1 aliphatic rings. The Morgan fingerprint density at radius 1 is 1.48 bits per heavy atom. The van der Waals surface area contributed by atoms with E-state index in [-0.39, 0.29) is 11.8 Å². The molecule has 0 spiro atoms. The molecule has 4 nitrogen and oxygen atoms in total. The topological polar surface area (TPSA) is 78.3 Å². The van der Waals surface area contributed by atoms with Crippen molar-refractivity contribution in [1.29, 1.82) is 0 Å². The Morgan fingerprint density at radius 2 is 2.24 bits per heavy atom. The zero-order valence-corrected chi connectivity index (χ0v) is 13.0. The van der Waals surface area contributed by atoms with Gasteiger partial charge < -0.3 is 16.2 Å². The first-order valence-electron chi connectivity index (χ1n) is 7.75. The van der Waals surface area contributed by atoms with E-state index in [1.54, 1.807) is 0 Å². The molecule has 0 bridgehead atoms. The summed E-state index contributed by atoms with van der Waals surface area (Å²) in [6.07, 6.45) is 3.38. The van der Waals surface area contributed by atoms with Gasteiger partial charge in [-0.05, 0) is 48.8 Å². The fourth-order valence-corrected chi connectivity index (χ4v) is 3.11. The SMILES string of the molecule is CC(C)c1cccc(OCCC2CCCC2(N)C(N)=O)c1. The summed E-state index contributed by atoms with van der Waals surface area (Å²) in [5, 5.41) is 0. The van der Waals surface area contributed by atoms with Crippen molar-refractivity contribution in [2.24, 2.45) is 17.4 Å². The average molecular weight is 290 g/mol. The van der Waals surface area contributed by atoms with Crippen LogP contribution in [0.25, 0.3) is 0 Å². The standard InChI is InChI=1S/C17H26N2O2/c1-12(2)13-5-3-7-15(11-13)21-10-8-14-6-4-9-17(14,19)16(18)20/h3,5,7,11-12,14H,4,6,8-10,19H2,1-2H3,(H2,18,20). The molecule has 2 rings (SSSR count). The number of carbonyl (C=O) groups excluding carboxylic acids is 1. The number of ether oxygens (including phenoxy) is 1. The summed E-state index contributed by atoms with van der Waals surface area (Å²) >= 11 is 0. The highest BCUT2D eigenvalue weighted by molar-refractivity contribution is 5.85. The molecular formula is C17H26N2O2. The average Bonchev–Trinajstić information content (AvgIpc) is 2.82. The maximum absolute atomic E-state index is 11.5. The van der Waals surface area contributed by atoms with Crippen molar-refractivity contribution in [3.63, 3.8) is 0 Å². The van der Waals surface area contributed by atoms with Gasteiger partial charge in [-0.2, -0.15) is 0 Å². The highest BCUT2D eigenvalue weighted by Gasteiger charge is 2.43. The van der Waals surface area contributed by atoms with Gasteiger partial charge in [0.15, 0.2) is 0 Å². The predicted octanol–water partition coefficient (Wildman–Crippen LogP) is 2.56. The van der Waals surface area contributed by atoms with Gasteiger partial charge in [0.05, 0.1) is 12.1 Å². The number of hydrogen-bond donors (Lipinski definition) is 2. The van der Waals surface area contributed by atoms with E-state index in [9.17, 15) is 4.79 Å². The molecule has 1 fully saturated rings. The smallest absolute Gasteiger partial charge is 0.237 e. The van der Waals surface area contributed by atoms with Gasteiger partial charge >= 0.3 is 0 Å². The molecule has 1 aromatic rings. The predicted molar refractivity (Wildman–Crippen MR) is 84.1 cm³/mol. The molecule has 21 heavy (non-hydrogen) atoms. The second kappa shape index (κ2) is 6.48. The molecule has 0 radical (unpaired) electrons. The van der Waals surface area contributed by atoms with E-state index >= 15 is 0 Å². The van der Waals surface area contributed by atoms with Gasteiger partial charge in [-0.15, -0.1) is 0 Å². The minimum Gasteiger partial charge on any atom is -0.494 e. The molecule has 1 amide bonds. The summed E-state index contributed by atoms with van der Waals surface area (Å²) in [6.45, 7) is 4.89. The normalized spacial score (nSPS) is 25.2. The second-order valence-corrected chi connectivity index (χ2v) is 6.36. The van der Waals surface area contributed by atoms with Crippen molar-refractivity contribution >= 4 is 5.91 Å². The number of carbonyl (C=O) groups is 1. The van der Waals surface area contributed by atoms with Crippen molar-refractivity contribution in [3.05, 3.63) is 29.8 Å². The molecule has 1 saturated carbocycles. The van der Waals surface area contributed by atoms with Crippen molar-refractivity contribution in [2.75, 3.05) is 6.61 Å². The van der Waals surface area contributed by atoms with Crippen LogP contribution in [0.3, 0.4) is 0 Å². The van der Waals surface area contributed by atoms with E-state index in [4.69, 9.17) is 16.2 Å². The lowest BCUT2D eigenvalue weighted by atomic mass is 9.85. The molecule has 1 aromatic carbocycles. The minimum atomic E-state index is -0.844. The third kappa shape index (κ3) is 3.56. The number of nitrogens with two attached hydrogens (primary N) is 2. The molecule has 0 heterocycles. The van der Waals surface area contributed by atoms with Crippen LogP contribution in [0.5, 0.6) is 5.75 Å². The molecule has 0 aliphatic heterocycles. The molecule has 4 heteroatoms. The Hall–Kier alpha value is -1.55. The van der Waals surface area contributed by atoms with Crippen LogP contribution < -0.4 is 16.2 Å². The van der Waals surface area contributed by atoms with Crippen LogP contribution in [-0.2, 0) is 4.79 Å². The van der Waals surface area contributed by atoms with Crippen LogP contribution in [0.4, 0.5) is 0 Å². The summed E-state index contributed by atoms with van der Waals surface area (Å²) in [5.41, 5.74) is 12.0. The molecular weight excluding hydrogens is 264 g/mol. The highest BCUT2D eigenvalue weighted by Crippen LogP contribution is 2.36. The van der Waals surface area contributed by atoms with Crippen LogP contribution in [0.15, 0.2) is 24.3 Å². The molecule has 4 N–H and O–H groups in total. The van der Waals surface area contributed by atoms with E-state index in [1.807, 2.05) is 12.1 Å². The quantitative estimate of drug-likeness (QED) is 0.845. The van der Waals surface area contributed by atoms with Gasteiger partial charge in [-0.1, -0.05) is 32.4 Å². The lowest BCUT2D eigenvalue weighted by molar-refractivity contribution is -0.124. The first-order valence-corrected chi connectivity index (χ1v) is 7.75. The first-order chi connectivity index (χ1) is 9.93. The Balaban J connectivity index is 1.90. The Labute approximate surface area is 126 Å². The van der Waals surface area contributed by atoms with E-state index in [0.29, 0.717) is 18.9 Å². The largest absolute Gasteiger partial charge is 0.494 e. The fraction of sp³-hybridized carbons (Fsp3) is 0.588. The van der Waals surface area contributed by atoms with Crippen molar-refractivity contribution in [3.8, 4) is 5.75 Å². The van der Waals surface area contributed by atoms with Gasteiger partial charge in [0.1, 0.15) is 5.75 Å². The van der Waals surface area contributed by atoms with Gasteiger partial charge in [0.2, 0.25) is 5.91 Å². The monoisotopic (exact) mass is 290 g/mol. The molecule has 2 atom stereocenters. The van der Waals surface area contributed by atoms with Crippen molar-refractivity contribution in [1.82, 2.24) is 0 Å². The van der Waals surface area contributed by atoms with Crippen LogP contribution in [0.1, 0.15) is 51.0 Å². The van der Waals surface area contributed by atoms with Crippen LogP contribution in [0.2, 0.25) is 0 Å². The number of rotatable bonds is 6. The van der Waals surface area contributed by atoms with Crippen LogP contribution in [-0.4, -0.2) is 18.1 Å². The van der Waals surface area contributed by atoms with E-state index in [2.05, 4.69) is 26.0 Å². The van der Waals surface area contributed by atoms with E-state index in [1.165, 1.54) is 5.56 Å². The zero-order valence-electron chi connectivity index (χ0n) is 13.0. The van der Waals surface area contributed by atoms with E-state index < -0.39 is 5.54 Å². The molecule has 116 valence electrons. The Morgan fingerprint density at radius 3 is 2.90 bits per heavy atom. The third-order valence-corrected chi connectivity index (χ3v) is 4.59. The summed E-state index contributed by atoms with van der Waals surface area (Å²) in [6, 6.07) is 8.15. The first kappa shape index (κ1) is 15.8.